The number of carbonyl (C=O) groups is 1. The number of hydrogen-bond acceptors (Lipinski definition) is 7. The molecule has 0 saturated heterocycles. The minimum Gasteiger partial charge on any atom is -0.497 e. The fourth-order valence-electron chi connectivity index (χ4n) is 2.79. The standard InChI is InChI=1S/C23H21N3O5S/c1-30-20-3-2-4-21(11-20)31-23-10-9-19(14-26-23)13-25-22(27)16-32(28,29)15-18-7-5-17(12-24)6-8-18/h2-11,14H,13,15-16H2,1H3,(H,25,27). The molecular weight excluding hydrogens is 430 g/mol. The molecule has 0 fully saturated rings. The number of nitrogens with one attached hydrogen (secondary N) is 1. The van der Waals surface area contributed by atoms with Crippen molar-refractivity contribution in [3.63, 3.8) is 0 Å². The molecule has 0 aliphatic heterocycles. The van der Waals surface area contributed by atoms with Gasteiger partial charge in [0.25, 0.3) is 0 Å². The molecule has 3 aromatic rings. The second-order valence-electron chi connectivity index (χ2n) is 6.90. The Kier molecular flexibility index (Phi) is 7.41. The van der Waals surface area contributed by atoms with Crippen LogP contribution in [0.4, 0.5) is 0 Å². The van der Waals surface area contributed by atoms with Gasteiger partial charge in [-0.25, -0.2) is 13.4 Å². The van der Waals surface area contributed by atoms with Crippen molar-refractivity contribution in [1.82, 2.24) is 10.3 Å². The predicted molar refractivity (Wildman–Crippen MR) is 118 cm³/mol. The first-order valence-electron chi connectivity index (χ1n) is 9.60. The average molecular weight is 452 g/mol. The maximum atomic E-state index is 12.3. The number of hydrogen-bond donors (Lipinski definition) is 1. The molecule has 0 unspecified atom stereocenters. The first-order valence-corrected chi connectivity index (χ1v) is 11.4. The zero-order valence-corrected chi connectivity index (χ0v) is 18.1. The number of benzene rings is 2. The molecule has 0 saturated carbocycles. The summed E-state index contributed by atoms with van der Waals surface area (Å²) in [7, 11) is -2.08. The molecule has 1 amide bonds. The molecule has 1 aromatic heterocycles. The van der Waals surface area contributed by atoms with Crippen LogP contribution in [0.5, 0.6) is 17.4 Å². The lowest BCUT2D eigenvalue weighted by molar-refractivity contribution is -0.118. The Morgan fingerprint density at radius 3 is 2.44 bits per heavy atom. The first kappa shape index (κ1) is 22.8. The molecule has 0 aliphatic rings. The summed E-state index contributed by atoms with van der Waals surface area (Å²) >= 11 is 0. The maximum Gasteiger partial charge on any atom is 0.235 e. The van der Waals surface area contributed by atoms with Gasteiger partial charge in [-0.2, -0.15) is 5.26 Å². The van der Waals surface area contributed by atoms with E-state index in [1.807, 2.05) is 6.07 Å². The van der Waals surface area contributed by atoms with E-state index in [0.717, 1.165) is 0 Å². The highest BCUT2D eigenvalue weighted by Gasteiger charge is 2.17. The number of carbonyl (C=O) groups excluding carboxylic acids is 1. The molecule has 1 N–H and O–H groups in total. The molecule has 0 radical (unpaired) electrons. The summed E-state index contributed by atoms with van der Waals surface area (Å²) in [5.74, 6) is 0.108. The van der Waals surface area contributed by atoms with Crippen LogP contribution in [-0.4, -0.2) is 32.2 Å². The molecule has 0 spiro atoms. The fraction of sp³-hybridized carbons (Fsp3) is 0.174. The van der Waals surface area contributed by atoms with E-state index in [1.165, 1.54) is 0 Å². The summed E-state index contributed by atoms with van der Waals surface area (Å²) in [4.78, 5) is 16.3. The van der Waals surface area contributed by atoms with Gasteiger partial charge in [0.1, 0.15) is 17.3 Å². The Labute approximate surface area is 186 Å². The Balaban J connectivity index is 1.50. The average Bonchev–Trinajstić information content (AvgIpc) is 2.78. The number of nitriles is 1. The summed E-state index contributed by atoms with van der Waals surface area (Å²) in [6.45, 7) is 0.137. The number of sulfone groups is 1. The summed E-state index contributed by atoms with van der Waals surface area (Å²) in [5.41, 5.74) is 1.66. The van der Waals surface area contributed by atoms with E-state index in [2.05, 4.69) is 10.3 Å². The zero-order chi connectivity index (χ0) is 23.0. The van der Waals surface area contributed by atoms with Crippen molar-refractivity contribution in [3.8, 4) is 23.4 Å². The SMILES string of the molecule is COc1cccc(Oc2ccc(CNC(=O)CS(=O)(=O)Cc3ccc(C#N)cc3)cn2)c1. The van der Waals surface area contributed by atoms with Crippen molar-refractivity contribution in [2.75, 3.05) is 12.9 Å². The van der Waals surface area contributed by atoms with Gasteiger partial charge in [0.15, 0.2) is 9.84 Å². The lowest BCUT2D eigenvalue weighted by Gasteiger charge is -2.09. The van der Waals surface area contributed by atoms with Crippen molar-refractivity contribution >= 4 is 15.7 Å². The zero-order valence-electron chi connectivity index (χ0n) is 17.3. The molecule has 0 atom stereocenters. The second-order valence-corrected chi connectivity index (χ2v) is 8.97. The van der Waals surface area contributed by atoms with Gasteiger partial charge in [0, 0.05) is 24.9 Å². The van der Waals surface area contributed by atoms with Crippen LogP contribution in [0.1, 0.15) is 16.7 Å². The largest absolute Gasteiger partial charge is 0.497 e. The highest BCUT2D eigenvalue weighted by Crippen LogP contribution is 2.23. The molecule has 1 heterocycles. The van der Waals surface area contributed by atoms with Crippen LogP contribution in [-0.2, 0) is 26.9 Å². The van der Waals surface area contributed by atoms with Crippen molar-refractivity contribution in [2.45, 2.75) is 12.3 Å². The van der Waals surface area contributed by atoms with E-state index in [4.69, 9.17) is 14.7 Å². The summed E-state index contributed by atoms with van der Waals surface area (Å²) in [6.07, 6.45) is 1.54. The van der Waals surface area contributed by atoms with Gasteiger partial charge in [0.05, 0.1) is 24.5 Å². The molecule has 32 heavy (non-hydrogen) atoms. The number of aromatic nitrogens is 1. The van der Waals surface area contributed by atoms with E-state index in [1.54, 1.807) is 74.0 Å². The van der Waals surface area contributed by atoms with E-state index in [0.29, 0.717) is 34.1 Å². The monoisotopic (exact) mass is 451 g/mol. The smallest absolute Gasteiger partial charge is 0.235 e. The quantitative estimate of drug-likeness (QED) is 0.531. The molecule has 3 rings (SSSR count). The Morgan fingerprint density at radius 1 is 1.06 bits per heavy atom. The minimum atomic E-state index is -3.65. The first-order chi connectivity index (χ1) is 15.4. The fourth-order valence-corrected chi connectivity index (χ4v) is 4.10. The number of rotatable bonds is 9. The predicted octanol–water partition coefficient (Wildman–Crippen LogP) is 2.99. The Bertz CT molecular complexity index is 1220. The van der Waals surface area contributed by atoms with Crippen LogP contribution >= 0.6 is 0 Å². The number of nitrogens with zero attached hydrogens (tertiary/aromatic N) is 2. The van der Waals surface area contributed by atoms with E-state index < -0.39 is 21.5 Å². The maximum absolute atomic E-state index is 12.3. The van der Waals surface area contributed by atoms with Crippen LogP contribution in [0.2, 0.25) is 0 Å². The summed E-state index contributed by atoms with van der Waals surface area (Å²) in [6, 6.07) is 18.7. The Hall–Kier alpha value is -3.90. The molecule has 9 heteroatoms. The van der Waals surface area contributed by atoms with E-state index in [9.17, 15) is 13.2 Å². The summed E-state index contributed by atoms with van der Waals surface area (Å²) in [5, 5.41) is 11.4. The van der Waals surface area contributed by atoms with Gasteiger partial charge in [-0.15, -0.1) is 0 Å². The van der Waals surface area contributed by atoms with Crippen LogP contribution in [0.25, 0.3) is 0 Å². The van der Waals surface area contributed by atoms with Crippen LogP contribution < -0.4 is 14.8 Å². The van der Waals surface area contributed by atoms with Crippen molar-refractivity contribution in [3.05, 3.63) is 83.6 Å². The van der Waals surface area contributed by atoms with Gasteiger partial charge in [0.2, 0.25) is 11.8 Å². The van der Waals surface area contributed by atoms with Gasteiger partial charge in [-0.1, -0.05) is 24.3 Å². The molecule has 8 nitrogen and oxygen atoms in total. The van der Waals surface area contributed by atoms with Gasteiger partial charge in [-0.05, 0) is 35.4 Å². The van der Waals surface area contributed by atoms with Crippen LogP contribution in [0.3, 0.4) is 0 Å². The van der Waals surface area contributed by atoms with Gasteiger partial charge >= 0.3 is 0 Å². The molecule has 164 valence electrons. The van der Waals surface area contributed by atoms with Crippen molar-refractivity contribution < 1.29 is 22.7 Å². The van der Waals surface area contributed by atoms with E-state index >= 15 is 0 Å². The normalized spacial score (nSPS) is 10.8. The third kappa shape index (κ3) is 6.82. The lowest BCUT2D eigenvalue weighted by Crippen LogP contribution is -2.30. The third-order valence-electron chi connectivity index (χ3n) is 4.37. The van der Waals surface area contributed by atoms with Crippen molar-refractivity contribution in [2.24, 2.45) is 0 Å². The molecule has 0 bridgehead atoms. The van der Waals surface area contributed by atoms with Crippen LogP contribution in [0.15, 0.2) is 66.9 Å². The highest BCUT2D eigenvalue weighted by atomic mass is 32.2. The van der Waals surface area contributed by atoms with Crippen LogP contribution in [0, 0.1) is 11.3 Å². The van der Waals surface area contributed by atoms with Gasteiger partial charge in [-0.3, -0.25) is 4.79 Å². The number of methoxy groups -OCH3 is 1. The highest BCUT2D eigenvalue weighted by molar-refractivity contribution is 7.91. The number of amides is 1. The topological polar surface area (TPSA) is 118 Å². The number of ether oxygens (including phenoxy) is 2. The summed E-state index contributed by atoms with van der Waals surface area (Å²) < 4.78 is 35.4. The third-order valence-corrected chi connectivity index (χ3v) is 5.85. The lowest BCUT2D eigenvalue weighted by atomic mass is 10.2. The van der Waals surface area contributed by atoms with Crippen molar-refractivity contribution in [1.29, 1.82) is 5.26 Å². The molecule has 0 aliphatic carbocycles. The Morgan fingerprint density at radius 2 is 1.78 bits per heavy atom. The van der Waals surface area contributed by atoms with Gasteiger partial charge < -0.3 is 14.8 Å². The molecular formula is C23H21N3O5S. The van der Waals surface area contributed by atoms with E-state index in [-0.39, 0.29) is 12.3 Å². The molecule has 2 aromatic carbocycles. The second kappa shape index (κ2) is 10.4. The number of pyridine rings is 1. The minimum absolute atomic E-state index is 0.137.